The van der Waals surface area contributed by atoms with Gasteiger partial charge in [0.2, 0.25) is 5.91 Å². The zero-order valence-corrected chi connectivity index (χ0v) is 13.0. The highest BCUT2D eigenvalue weighted by Crippen LogP contribution is 2.36. The van der Waals surface area contributed by atoms with Gasteiger partial charge in [-0.25, -0.2) is 0 Å². The Balaban J connectivity index is 2.03. The Morgan fingerprint density at radius 2 is 1.74 bits per heavy atom. The number of carbonyl (C=O) groups excluding carboxylic acids is 1. The molecule has 2 rings (SSSR count). The summed E-state index contributed by atoms with van der Waals surface area (Å²) in [5.74, 6) is -2.26. The van der Waals surface area contributed by atoms with Gasteiger partial charge in [0.15, 0.2) is 0 Å². The second-order valence-electron chi connectivity index (χ2n) is 5.37. The molecular formula is C15H16F3NO3S. The fraction of sp³-hybridized carbons (Fsp3) is 0.467. The van der Waals surface area contributed by atoms with Gasteiger partial charge in [-0.1, -0.05) is 30.3 Å². The Bertz CT molecular complexity index is 569. The third-order valence-corrected chi connectivity index (χ3v) is 4.78. The zero-order valence-electron chi connectivity index (χ0n) is 12.2. The van der Waals surface area contributed by atoms with Gasteiger partial charge < -0.3 is 10.0 Å². The molecule has 1 aromatic carbocycles. The normalized spacial score (nSPS) is 17.8. The molecule has 1 fully saturated rings. The lowest BCUT2D eigenvalue weighted by Gasteiger charge is -2.39. The first-order valence-electron chi connectivity index (χ1n) is 7.02. The summed E-state index contributed by atoms with van der Waals surface area (Å²) in [6, 6.07) is 8.73. The lowest BCUT2D eigenvalue weighted by Crippen LogP contribution is -2.49. The lowest BCUT2D eigenvalue weighted by atomic mass is 9.73. The van der Waals surface area contributed by atoms with Crippen LogP contribution >= 0.6 is 11.8 Å². The van der Waals surface area contributed by atoms with E-state index in [4.69, 9.17) is 0 Å². The molecule has 1 aliphatic rings. The minimum Gasteiger partial charge on any atom is -0.481 e. The summed E-state index contributed by atoms with van der Waals surface area (Å²) in [4.78, 5) is 24.9. The molecule has 0 bridgehead atoms. The SMILES string of the molecule is O=C(CSC(F)(F)F)N1CCC(C(=O)O)(c2ccccc2)CC1. The predicted molar refractivity (Wildman–Crippen MR) is 80.1 cm³/mol. The van der Waals surface area contributed by atoms with Crippen LogP contribution in [0.5, 0.6) is 0 Å². The van der Waals surface area contributed by atoms with Crippen molar-refractivity contribution in [3.05, 3.63) is 35.9 Å². The number of nitrogens with zero attached hydrogens (tertiary/aromatic N) is 1. The summed E-state index contributed by atoms with van der Waals surface area (Å²) >= 11 is -0.370. The van der Waals surface area contributed by atoms with Gasteiger partial charge in [-0.3, -0.25) is 9.59 Å². The molecule has 0 saturated carbocycles. The van der Waals surface area contributed by atoms with Crippen molar-refractivity contribution in [2.45, 2.75) is 23.8 Å². The van der Waals surface area contributed by atoms with Crippen molar-refractivity contribution < 1.29 is 27.9 Å². The van der Waals surface area contributed by atoms with E-state index in [0.29, 0.717) is 5.56 Å². The van der Waals surface area contributed by atoms with Crippen LogP contribution in [0, 0.1) is 0 Å². The second-order valence-corrected chi connectivity index (χ2v) is 6.41. The van der Waals surface area contributed by atoms with Gasteiger partial charge in [0, 0.05) is 13.1 Å². The molecule has 126 valence electrons. The van der Waals surface area contributed by atoms with Crippen molar-refractivity contribution in [1.82, 2.24) is 4.90 Å². The number of amides is 1. The van der Waals surface area contributed by atoms with Gasteiger partial charge in [-0.15, -0.1) is 0 Å². The standard InChI is InChI=1S/C15H16F3NO3S/c16-15(17,18)23-10-12(20)19-8-6-14(7-9-19,13(21)22)11-4-2-1-3-5-11/h1-5H,6-10H2,(H,21,22). The highest BCUT2D eigenvalue weighted by molar-refractivity contribution is 8.00. The van der Waals surface area contributed by atoms with Crippen LogP contribution in [0.4, 0.5) is 13.2 Å². The van der Waals surface area contributed by atoms with Crippen LogP contribution in [0.2, 0.25) is 0 Å². The van der Waals surface area contributed by atoms with Gasteiger partial charge >= 0.3 is 11.5 Å². The smallest absolute Gasteiger partial charge is 0.442 e. The van der Waals surface area contributed by atoms with Crippen LogP contribution in [-0.4, -0.2) is 46.2 Å². The van der Waals surface area contributed by atoms with E-state index in [2.05, 4.69) is 0 Å². The Kier molecular flexibility index (Phi) is 5.23. The van der Waals surface area contributed by atoms with E-state index >= 15 is 0 Å². The highest BCUT2D eigenvalue weighted by atomic mass is 32.2. The minimum atomic E-state index is -4.44. The summed E-state index contributed by atoms with van der Waals surface area (Å²) in [5, 5.41) is 9.62. The molecule has 1 N–H and O–H groups in total. The molecule has 1 heterocycles. The van der Waals surface area contributed by atoms with Crippen molar-refractivity contribution in [3.63, 3.8) is 0 Å². The van der Waals surface area contributed by atoms with Gasteiger partial charge in [0.05, 0.1) is 11.2 Å². The molecule has 23 heavy (non-hydrogen) atoms. The molecule has 1 aromatic rings. The molecule has 0 spiro atoms. The molecule has 0 radical (unpaired) electrons. The first kappa shape index (κ1) is 17.7. The third-order valence-electron chi connectivity index (χ3n) is 4.06. The maximum Gasteiger partial charge on any atom is 0.442 e. The number of alkyl halides is 3. The number of benzene rings is 1. The average molecular weight is 347 g/mol. The monoisotopic (exact) mass is 347 g/mol. The zero-order chi connectivity index (χ0) is 17.1. The van der Waals surface area contributed by atoms with Crippen LogP contribution in [0.15, 0.2) is 30.3 Å². The molecule has 0 unspecified atom stereocenters. The van der Waals surface area contributed by atoms with E-state index < -0.39 is 28.6 Å². The van der Waals surface area contributed by atoms with Crippen molar-refractivity contribution in [2.75, 3.05) is 18.8 Å². The molecule has 4 nitrogen and oxygen atoms in total. The fourth-order valence-electron chi connectivity index (χ4n) is 2.76. The minimum absolute atomic E-state index is 0.137. The summed E-state index contributed by atoms with van der Waals surface area (Å²) < 4.78 is 36.4. The number of rotatable bonds is 4. The number of carboxylic acid groups (broad SMARTS) is 1. The number of likely N-dealkylation sites (tertiary alicyclic amines) is 1. The predicted octanol–water partition coefficient (Wildman–Crippen LogP) is 2.88. The molecule has 1 amide bonds. The average Bonchev–Trinajstić information content (AvgIpc) is 2.52. The quantitative estimate of drug-likeness (QED) is 0.910. The molecule has 0 atom stereocenters. The number of piperidine rings is 1. The van der Waals surface area contributed by atoms with Crippen molar-refractivity contribution in [3.8, 4) is 0 Å². The van der Waals surface area contributed by atoms with Crippen LogP contribution in [0.3, 0.4) is 0 Å². The van der Waals surface area contributed by atoms with E-state index in [0.717, 1.165) is 0 Å². The largest absolute Gasteiger partial charge is 0.481 e. The number of aliphatic carboxylic acids is 1. The van der Waals surface area contributed by atoms with Gasteiger partial charge in [-0.2, -0.15) is 13.2 Å². The number of thioether (sulfide) groups is 1. The van der Waals surface area contributed by atoms with Crippen LogP contribution in [-0.2, 0) is 15.0 Å². The molecule has 1 saturated heterocycles. The topological polar surface area (TPSA) is 57.6 Å². The molecule has 1 aliphatic heterocycles. The molecule has 0 aromatic heterocycles. The maximum absolute atomic E-state index is 12.1. The van der Waals surface area contributed by atoms with E-state index in [9.17, 15) is 27.9 Å². The van der Waals surface area contributed by atoms with Crippen molar-refractivity contribution in [1.29, 1.82) is 0 Å². The Morgan fingerprint density at radius 3 is 2.22 bits per heavy atom. The first-order chi connectivity index (χ1) is 10.7. The summed E-state index contributed by atoms with van der Waals surface area (Å²) in [6.07, 6.45) is 0.379. The Hall–Kier alpha value is -1.70. The summed E-state index contributed by atoms with van der Waals surface area (Å²) in [7, 11) is 0. The van der Waals surface area contributed by atoms with Gasteiger partial charge in [-0.05, 0) is 30.2 Å². The van der Waals surface area contributed by atoms with E-state index in [1.165, 1.54) is 4.90 Å². The van der Waals surface area contributed by atoms with Gasteiger partial charge in [0.25, 0.3) is 0 Å². The summed E-state index contributed by atoms with van der Waals surface area (Å²) in [6.45, 7) is 0.275. The fourth-order valence-corrected chi connectivity index (χ4v) is 3.23. The molecule has 0 aliphatic carbocycles. The summed E-state index contributed by atoms with van der Waals surface area (Å²) in [5.41, 5.74) is -4.88. The lowest BCUT2D eigenvalue weighted by molar-refractivity contribution is -0.147. The Morgan fingerprint density at radius 1 is 1.17 bits per heavy atom. The van der Waals surface area contributed by atoms with Crippen LogP contribution in [0.1, 0.15) is 18.4 Å². The number of carboxylic acids is 1. The third kappa shape index (κ3) is 4.19. The van der Waals surface area contributed by atoms with Crippen molar-refractivity contribution >= 4 is 23.6 Å². The number of hydrogen-bond donors (Lipinski definition) is 1. The van der Waals surface area contributed by atoms with E-state index in [-0.39, 0.29) is 37.7 Å². The van der Waals surface area contributed by atoms with Crippen molar-refractivity contribution in [2.24, 2.45) is 0 Å². The first-order valence-corrected chi connectivity index (χ1v) is 8.00. The van der Waals surface area contributed by atoms with Gasteiger partial charge in [0.1, 0.15) is 0 Å². The van der Waals surface area contributed by atoms with E-state index in [1.807, 2.05) is 0 Å². The highest BCUT2D eigenvalue weighted by Gasteiger charge is 2.44. The van der Waals surface area contributed by atoms with Crippen LogP contribution in [0.25, 0.3) is 0 Å². The number of hydrogen-bond acceptors (Lipinski definition) is 3. The number of carbonyl (C=O) groups is 2. The maximum atomic E-state index is 12.1. The second kappa shape index (κ2) is 6.82. The van der Waals surface area contributed by atoms with Crippen LogP contribution < -0.4 is 0 Å². The molecule has 8 heteroatoms. The number of halogens is 3. The molecular weight excluding hydrogens is 331 g/mol. The Labute approximate surface area is 135 Å². The van der Waals surface area contributed by atoms with E-state index in [1.54, 1.807) is 30.3 Å².